The van der Waals surface area contributed by atoms with Gasteiger partial charge in [-0.1, -0.05) is 6.92 Å². The average molecular weight is 304 g/mol. The van der Waals surface area contributed by atoms with Crippen LogP contribution in [0.25, 0.3) is 0 Å². The number of nitrogens with one attached hydrogen (secondary N) is 2. The summed E-state index contributed by atoms with van der Waals surface area (Å²) in [7, 11) is 0. The van der Waals surface area contributed by atoms with Crippen molar-refractivity contribution in [1.82, 2.24) is 9.88 Å². The molecule has 2 N–H and O–H groups in total. The minimum atomic E-state index is 0.545. The van der Waals surface area contributed by atoms with Crippen molar-refractivity contribution in [1.29, 1.82) is 5.41 Å². The molecule has 1 saturated heterocycles. The fraction of sp³-hybridized carbons (Fsp3) is 0.588. The van der Waals surface area contributed by atoms with E-state index in [4.69, 9.17) is 5.41 Å². The van der Waals surface area contributed by atoms with Gasteiger partial charge in [0.2, 0.25) is 6.41 Å². The lowest BCUT2D eigenvalue weighted by molar-refractivity contribution is -0.119. The molecule has 1 aliphatic rings. The number of carbonyl (C=O) groups excluding carboxylic acids is 1. The van der Waals surface area contributed by atoms with Gasteiger partial charge in [-0.25, -0.2) is 0 Å². The SMILES string of the molecule is CC1CCCN(C=O)C1.CCNc1cc(C)ncc1C(C)=N. The quantitative estimate of drug-likeness (QED) is 0.663. The summed E-state index contributed by atoms with van der Waals surface area (Å²) in [5.41, 5.74) is 3.40. The molecule has 1 fully saturated rings. The fourth-order valence-corrected chi connectivity index (χ4v) is 2.52. The highest BCUT2D eigenvalue weighted by atomic mass is 16.1. The zero-order chi connectivity index (χ0) is 16.5. The summed E-state index contributed by atoms with van der Waals surface area (Å²) in [6.07, 6.45) is 5.16. The van der Waals surface area contributed by atoms with E-state index in [1.165, 1.54) is 12.8 Å². The van der Waals surface area contributed by atoms with Gasteiger partial charge in [-0.15, -0.1) is 0 Å². The third-order valence-electron chi connectivity index (χ3n) is 3.65. The minimum Gasteiger partial charge on any atom is -0.385 e. The van der Waals surface area contributed by atoms with Crippen LogP contribution in [0.2, 0.25) is 0 Å². The van der Waals surface area contributed by atoms with Gasteiger partial charge in [-0.3, -0.25) is 9.78 Å². The first-order chi connectivity index (χ1) is 10.5. The molecule has 0 bridgehead atoms. The molecule has 22 heavy (non-hydrogen) atoms. The van der Waals surface area contributed by atoms with Crippen LogP contribution in [0.5, 0.6) is 0 Å². The first-order valence-corrected chi connectivity index (χ1v) is 7.93. The Morgan fingerprint density at radius 3 is 2.82 bits per heavy atom. The molecule has 1 amide bonds. The molecule has 5 nitrogen and oxygen atoms in total. The van der Waals surface area contributed by atoms with Gasteiger partial charge < -0.3 is 15.6 Å². The van der Waals surface area contributed by atoms with Crippen LogP contribution in [-0.4, -0.2) is 41.6 Å². The first kappa shape index (κ1) is 18.1. The van der Waals surface area contributed by atoms with Gasteiger partial charge in [0.15, 0.2) is 0 Å². The molecule has 0 aromatic carbocycles. The number of hydrogen-bond acceptors (Lipinski definition) is 4. The van der Waals surface area contributed by atoms with E-state index in [1.54, 1.807) is 13.1 Å². The number of nitrogens with zero attached hydrogens (tertiary/aromatic N) is 2. The maximum absolute atomic E-state index is 10.2. The van der Waals surface area contributed by atoms with E-state index in [1.807, 2.05) is 24.8 Å². The molecular formula is C17H28N4O. The van der Waals surface area contributed by atoms with E-state index >= 15 is 0 Å². The van der Waals surface area contributed by atoms with E-state index in [0.717, 1.165) is 43.0 Å². The maximum Gasteiger partial charge on any atom is 0.209 e. The minimum absolute atomic E-state index is 0.545. The highest BCUT2D eigenvalue weighted by molar-refractivity contribution is 6.01. The Labute approximate surface area is 133 Å². The average Bonchev–Trinajstić information content (AvgIpc) is 2.48. The van der Waals surface area contributed by atoms with Crippen LogP contribution in [0.4, 0.5) is 5.69 Å². The van der Waals surface area contributed by atoms with Gasteiger partial charge in [0.25, 0.3) is 0 Å². The Morgan fingerprint density at radius 2 is 2.32 bits per heavy atom. The van der Waals surface area contributed by atoms with Crippen LogP contribution in [0.1, 0.15) is 44.9 Å². The number of carbonyl (C=O) groups is 1. The van der Waals surface area contributed by atoms with E-state index in [0.29, 0.717) is 11.6 Å². The van der Waals surface area contributed by atoms with Gasteiger partial charge in [0, 0.05) is 48.5 Å². The molecule has 122 valence electrons. The fourth-order valence-electron chi connectivity index (χ4n) is 2.52. The van der Waals surface area contributed by atoms with Gasteiger partial charge >= 0.3 is 0 Å². The summed E-state index contributed by atoms with van der Waals surface area (Å²) in [6.45, 7) is 10.7. The van der Waals surface area contributed by atoms with Gasteiger partial charge in [-0.05, 0) is 45.6 Å². The Morgan fingerprint density at radius 1 is 1.59 bits per heavy atom. The number of piperidine rings is 1. The molecule has 2 heterocycles. The standard InChI is InChI=1S/C10H15N3.C7H13NO/c1-4-12-10-5-7(2)13-6-9(10)8(3)11;1-7-3-2-4-8(5-7)6-9/h5-6,11H,4H2,1-3H3,(H,12,13);6-7H,2-5H2,1H3. The Bertz CT molecular complexity index is 501. The number of amides is 1. The Balaban J connectivity index is 0.000000235. The van der Waals surface area contributed by atoms with Crippen LogP contribution in [0.15, 0.2) is 12.3 Å². The Hall–Kier alpha value is -1.91. The second-order valence-electron chi connectivity index (χ2n) is 5.87. The molecule has 0 spiro atoms. The lowest BCUT2D eigenvalue weighted by Gasteiger charge is -2.27. The molecule has 1 aliphatic heterocycles. The molecular weight excluding hydrogens is 276 g/mol. The molecule has 1 unspecified atom stereocenters. The van der Waals surface area contributed by atoms with Crippen molar-refractivity contribution in [2.45, 2.75) is 40.5 Å². The summed E-state index contributed by atoms with van der Waals surface area (Å²) >= 11 is 0. The summed E-state index contributed by atoms with van der Waals surface area (Å²) in [5, 5.41) is 10.8. The van der Waals surface area contributed by atoms with Crippen molar-refractivity contribution in [2.24, 2.45) is 5.92 Å². The lowest BCUT2D eigenvalue weighted by Crippen LogP contribution is -2.32. The normalized spacial score (nSPS) is 17.3. The number of aromatic nitrogens is 1. The Kier molecular flexibility index (Phi) is 7.57. The van der Waals surface area contributed by atoms with E-state index in [2.05, 4.69) is 17.2 Å². The summed E-state index contributed by atoms with van der Waals surface area (Å²) < 4.78 is 0. The van der Waals surface area contributed by atoms with Crippen LogP contribution in [0, 0.1) is 18.3 Å². The molecule has 0 radical (unpaired) electrons. The highest BCUT2D eigenvalue weighted by Crippen LogP contribution is 2.15. The van der Waals surface area contributed by atoms with Crippen molar-refractivity contribution < 1.29 is 4.79 Å². The molecule has 1 aromatic rings. The monoisotopic (exact) mass is 304 g/mol. The van der Waals surface area contributed by atoms with Gasteiger partial charge in [0.1, 0.15) is 0 Å². The largest absolute Gasteiger partial charge is 0.385 e. The number of rotatable bonds is 4. The third kappa shape index (κ3) is 5.84. The van der Waals surface area contributed by atoms with Crippen LogP contribution in [-0.2, 0) is 4.79 Å². The van der Waals surface area contributed by atoms with Crippen LogP contribution < -0.4 is 5.32 Å². The molecule has 0 saturated carbocycles. The zero-order valence-corrected chi connectivity index (χ0v) is 14.1. The molecule has 5 heteroatoms. The number of likely N-dealkylation sites (tertiary alicyclic amines) is 1. The predicted octanol–water partition coefficient (Wildman–Crippen LogP) is 3.08. The second kappa shape index (κ2) is 9.18. The lowest BCUT2D eigenvalue weighted by atomic mass is 10.0. The first-order valence-electron chi connectivity index (χ1n) is 7.93. The molecule has 1 aromatic heterocycles. The third-order valence-corrected chi connectivity index (χ3v) is 3.65. The summed E-state index contributed by atoms with van der Waals surface area (Å²) in [4.78, 5) is 16.2. The van der Waals surface area contributed by atoms with Crippen molar-refractivity contribution in [3.05, 3.63) is 23.5 Å². The van der Waals surface area contributed by atoms with Crippen molar-refractivity contribution >= 4 is 17.8 Å². The number of anilines is 1. The highest BCUT2D eigenvalue weighted by Gasteiger charge is 2.13. The summed E-state index contributed by atoms with van der Waals surface area (Å²) in [5.74, 6) is 0.712. The number of aryl methyl sites for hydroxylation is 1. The van der Waals surface area contributed by atoms with E-state index in [-0.39, 0.29) is 0 Å². The van der Waals surface area contributed by atoms with Crippen molar-refractivity contribution in [2.75, 3.05) is 25.0 Å². The van der Waals surface area contributed by atoms with E-state index < -0.39 is 0 Å². The van der Waals surface area contributed by atoms with Gasteiger partial charge in [-0.2, -0.15) is 0 Å². The van der Waals surface area contributed by atoms with Crippen molar-refractivity contribution in [3.8, 4) is 0 Å². The predicted molar refractivity (Wildman–Crippen MR) is 91.7 cm³/mol. The zero-order valence-electron chi connectivity index (χ0n) is 14.1. The topological polar surface area (TPSA) is 69.1 Å². The smallest absolute Gasteiger partial charge is 0.209 e. The van der Waals surface area contributed by atoms with Gasteiger partial charge in [0.05, 0.1) is 0 Å². The second-order valence-corrected chi connectivity index (χ2v) is 5.87. The van der Waals surface area contributed by atoms with Crippen LogP contribution >= 0.6 is 0 Å². The molecule has 1 atom stereocenters. The summed E-state index contributed by atoms with van der Waals surface area (Å²) in [6, 6.07) is 1.97. The number of hydrogen-bond donors (Lipinski definition) is 2. The van der Waals surface area contributed by atoms with Crippen molar-refractivity contribution in [3.63, 3.8) is 0 Å². The maximum atomic E-state index is 10.2. The molecule has 2 rings (SSSR count). The molecule has 0 aliphatic carbocycles. The van der Waals surface area contributed by atoms with Crippen LogP contribution in [0.3, 0.4) is 0 Å². The van der Waals surface area contributed by atoms with E-state index in [9.17, 15) is 4.79 Å². The number of pyridine rings is 1.